The summed E-state index contributed by atoms with van der Waals surface area (Å²) in [5.41, 5.74) is 5.27. The summed E-state index contributed by atoms with van der Waals surface area (Å²) >= 11 is 17.5. The minimum atomic E-state index is -0.475. The third-order valence-corrected chi connectivity index (χ3v) is 3.09. The monoisotopic (exact) mass is 324 g/mol. The predicted octanol–water partition coefficient (Wildman–Crippen LogP) is 2.88. The summed E-state index contributed by atoms with van der Waals surface area (Å²) in [6.45, 7) is 3.80. The maximum absolute atomic E-state index is 11.5. The van der Waals surface area contributed by atoms with Crippen molar-refractivity contribution in [3.8, 4) is 5.75 Å². The van der Waals surface area contributed by atoms with E-state index < -0.39 is 5.54 Å². The lowest BCUT2D eigenvalue weighted by Gasteiger charge is -2.19. The summed E-state index contributed by atoms with van der Waals surface area (Å²) in [7, 11) is 0. The summed E-state index contributed by atoms with van der Waals surface area (Å²) in [6, 6.07) is 2.92. The van der Waals surface area contributed by atoms with Crippen LogP contribution in [0.1, 0.15) is 13.8 Å². The Morgan fingerprint density at radius 1 is 1.26 bits per heavy atom. The van der Waals surface area contributed by atoms with Crippen LogP contribution < -0.4 is 15.8 Å². The molecule has 1 aromatic rings. The first-order chi connectivity index (χ1) is 8.69. The Labute approximate surface area is 127 Å². The Kier molecular flexibility index (Phi) is 5.74. The molecule has 0 unspecified atom stereocenters. The number of nitrogens with two attached hydrogens (primary N) is 1. The smallest absolute Gasteiger partial charge is 0.258 e. The third-order valence-electron chi connectivity index (χ3n) is 2.07. The van der Waals surface area contributed by atoms with E-state index >= 15 is 0 Å². The van der Waals surface area contributed by atoms with Gasteiger partial charge in [0.15, 0.2) is 6.61 Å². The number of hydrogen-bond acceptors (Lipinski definition) is 3. The molecule has 0 heterocycles. The van der Waals surface area contributed by atoms with Gasteiger partial charge in [0.05, 0.1) is 15.1 Å². The number of ether oxygens (including phenoxy) is 1. The van der Waals surface area contributed by atoms with Crippen LogP contribution in [0.3, 0.4) is 0 Å². The Bertz CT molecular complexity index is 473. The van der Waals surface area contributed by atoms with Gasteiger partial charge in [0.1, 0.15) is 5.75 Å². The highest BCUT2D eigenvalue weighted by Crippen LogP contribution is 2.33. The highest BCUT2D eigenvalue weighted by atomic mass is 35.5. The molecule has 7 heteroatoms. The van der Waals surface area contributed by atoms with Gasteiger partial charge in [-0.3, -0.25) is 4.79 Å². The van der Waals surface area contributed by atoms with Gasteiger partial charge in [-0.05, 0) is 19.9 Å². The van der Waals surface area contributed by atoms with Crippen LogP contribution >= 0.6 is 34.8 Å². The van der Waals surface area contributed by atoms with Crippen LogP contribution in [0.4, 0.5) is 0 Å². The van der Waals surface area contributed by atoms with Crippen LogP contribution in [0, 0.1) is 0 Å². The highest BCUT2D eigenvalue weighted by Gasteiger charge is 2.13. The van der Waals surface area contributed by atoms with E-state index in [1.807, 2.05) is 13.8 Å². The number of carbonyl (C=O) groups is 1. The molecule has 0 saturated carbocycles. The molecule has 0 atom stereocenters. The first-order valence-electron chi connectivity index (χ1n) is 5.52. The summed E-state index contributed by atoms with van der Waals surface area (Å²) < 4.78 is 5.27. The Balaban J connectivity index is 2.53. The first-order valence-corrected chi connectivity index (χ1v) is 6.65. The van der Waals surface area contributed by atoms with Crippen LogP contribution in [-0.2, 0) is 4.79 Å². The maximum Gasteiger partial charge on any atom is 0.258 e. The van der Waals surface area contributed by atoms with Crippen molar-refractivity contribution in [1.29, 1.82) is 0 Å². The fourth-order valence-electron chi connectivity index (χ4n) is 1.14. The van der Waals surface area contributed by atoms with Crippen molar-refractivity contribution in [2.75, 3.05) is 13.2 Å². The highest BCUT2D eigenvalue weighted by molar-refractivity contribution is 6.43. The standard InChI is InChI=1S/C12H15Cl3N2O2/c1-12(2,16)6-17-11(18)5-19-10-4-8(14)7(13)3-9(10)15/h3-4H,5-6,16H2,1-2H3,(H,17,18). The second-order valence-electron chi connectivity index (χ2n) is 4.75. The largest absolute Gasteiger partial charge is 0.482 e. The quantitative estimate of drug-likeness (QED) is 0.818. The molecule has 1 aromatic carbocycles. The SMILES string of the molecule is CC(C)(N)CNC(=O)COc1cc(Cl)c(Cl)cc1Cl. The molecule has 19 heavy (non-hydrogen) atoms. The van der Waals surface area contributed by atoms with Gasteiger partial charge in [0.25, 0.3) is 5.91 Å². The van der Waals surface area contributed by atoms with E-state index in [4.69, 9.17) is 45.3 Å². The van der Waals surface area contributed by atoms with Gasteiger partial charge >= 0.3 is 0 Å². The number of halogens is 3. The van der Waals surface area contributed by atoms with E-state index in [0.29, 0.717) is 27.4 Å². The molecule has 0 spiro atoms. The fraction of sp³-hybridized carbons (Fsp3) is 0.417. The number of amides is 1. The van der Waals surface area contributed by atoms with E-state index in [0.717, 1.165) is 0 Å². The van der Waals surface area contributed by atoms with E-state index in [9.17, 15) is 4.79 Å². The van der Waals surface area contributed by atoms with E-state index in [2.05, 4.69) is 5.32 Å². The summed E-state index contributed by atoms with van der Waals surface area (Å²) in [5.74, 6) is 0.0129. The minimum absolute atomic E-state index is 0.173. The van der Waals surface area contributed by atoms with Crippen molar-refractivity contribution >= 4 is 40.7 Å². The van der Waals surface area contributed by atoms with Gasteiger partial charge in [-0.2, -0.15) is 0 Å². The van der Waals surface area contributed by atoms with Crippen molar-refractivity contribution < 1.29 is 9.53 Å². The molecule has 3 N–H and O–H groups in total. The molecule has 0 bridgehead atoms. The van der Waals surface area contributed by atoms with E-state index in [1.165, 1.54) is 12.1 Å². The average molecular weight is 326 g/mol. The molecule has 1 rings (SSSR count). The van der Waals surface area contributed by atoms with Crippen LogP contribution in [0.2, 0.25) is 15.1 Å². The molecule has 0 fully saturated rings. The van der Waals surface area contributed by atoms with Crippen LogP contribution in [-0.4, -0.2) is 24.6 Å². The lowest BCUT2D eigenvalue weighted by molar-refractivity contribution is -0.123. The van der Waals surface area contributed by atoms with Gasteiger partial charge < -0.3 is 15.8 Å². The zero-order chi connectivity index (χ0) is 14.6. The number of benzene rings is 1. The Morgan fingerprint density at radius 2 is 1.84 bits per heavy atom. The first kappa shape index (κ1) is 16.4. The average Bonchev–Trinajstić information content (AvgIpc) is 2.28. The van der Waals surface area contributed by atoms with Crippen LogP contribution in [0.15, 0.2) is 12.1 Å². The molecule has 106 valence electrons. The lowest BCUT2D eigenvalue weighted by Crippen LogP contribution is -2.46. The second-order valence-corrected chi connectivity index (χ2v) is 5.97. The molecule has 0 aliphatic carbocycles. The molecule has 0 aliphatic rings. The number of nitrogens with one attached hydrogen (secondary N) is 1. The van der Waals surface area contributed by atoms with Gasteiger partial charge in [0.2, 0.25) is 0 Å². The molecular formula is C12H15Cl3N2O2. The van der Waals surface area contributed by atoms with E-state index in [-0.39, 0.29) is 12.5 Å². The molecule has 4 nitrogen and oxygen atoms in total. The number of carbonyl (C=O) groups excluding carboxylic acids is 1. The zero-order valence-electron chi connectivity index (χ0n) is 10.6. The van der Waals surface area contributed by atoms with Crippen molar-refractivity contribution in [2.24, 2.45) is 5.73 Å². The predicted molar refractivity (Wildman–Crippen MR) is 78.2 cm³/mol. The lowest BCUT2D eigenvalue weighted by atomic mass is 10.1. The zero-order valence-corrected chi connectivity index (χ0v) is 12.9. The van der Waals surface area contributed by atoms with Crippen LogP contribution in [0.5, 0.6) is 5.75 Å². The minimum Gasteiger partial charge on any atom is -0.482 e. The summed E-state index contributed by atoms with van der Waals surface area (Å²) in [6.07, 6.45) is 0. The van der Waals surface area contributed by atoms with E-state index in [1.54, 1.807) is 0 Å². The van der Waals surface area contributed by atoms with Crippen molar-refractivity contribution in [2.45, 2.75) is 19.4 Å². The van der Waals surface area contributed by atoms with Gasteiger partial charge in [0, 0.05) is 18.2 Å². The van der Waals surface area contributed by atoms with Gasteiger partial charge in [-0.1, -0.05) is 34.8 Å². The Morgan fingerprint density at radius 3 is 2.42 bits per heavy atom. The maximum atomic E-state index is 11.5. The third kappa shape index (κ3) is 5.87. The normalized spacial score (nSPS) is 11.3. The molecular weight excluding hydrogens is 311 g/mol. The van der Waals surface area contributed by atoms with Gasteiger partial charge in [-0.15, -0.1) is 0 Å². The Hall–Kier alpha value is -0.680. The van der Waals surface area contributed by atoms with Gasteiger partial charge in [-0.25, -0.2) is 0 Å². The second kappa shape index (κ2) is 6.66. The molecule has 0 aliphatic heterocycles. The number of rotatable bonds is 5. The molecule has 0 aromatic heterocycles. The van der Waals surface area contributed by atoms with Crippen molar-refractivity contribution in [3.63, 3.8) is 0 Å². The molecule has 0 saturated heterocycles. The fourth-order valence-corrected chi connectivity index (χ4v) is 1.73. The van der Waals surface area contributed by atoms with Crippen LogP contribution in [0.25, 0.3) is 0 Å². The molecule has 0 radical (unpaired) electrons. The summed E-state index contributed by atoms with van der Waals surface area (Å²) in [4.78, 5) is 11.5. The summed E-state index contributed by atoms with van der Waals surface area (Å²) in [5, 5.41) is 3.58. The topological polar surface area (TPSA) is 64.3 Å². The molecule has 1 amide bonds. The van der Waals surface area contributed by atoms with Crippen molar-refractivity contribution in [1.82, 2.24) is 5.32 Å². The number of hydrogen-bond donors (Lipinski definition) is 2. The van der Waals surface area contributed by atoms with Crippen molar-refractivity contribution in [3.05, 3.63) is 27.2 Å².